The number of hydrogen-bond donors (Lipinski definition) is 1. The molecule has 4 nitrogen and oxygen atoms in total. The van der Waals surface area contributed by atoms with Crippen molar-refractivity contribution in [3.8, 4) is 0 Å². The highest BCUT2D eigenvalue weighted by Gasteiger charge is 2.20. The SMILES string of the molecule is CC(Cn1ccnc1)NC1=NC(c2ccccc2)CS1. The van der Waals surface area contributed by atoms with Crippen LogP contribution in [0.1, 0.15) is 18.5 Å². The minimum Gasteiger partial charge on any atom is -0.361 e. The summed E-state index contributed by atoms with van der Waals surface area (Å²) in [6.45, 7) is 3.06. The van der Waals surface area contributed by atoms with E-state index in [1.165, 1.54) is 5.56 Å². The van der Waals surface area contributed by atoms with Gasteiger partial charge in [0.25, 0.3) is 0 Å². The molecule has 0 spiro atoms. The van der Waals surface area contributed by atoms with Crippen LogP contribution in [0.2, 0.25) is 0 Å². The zero-order chi connectivity index (χ0) is 13.8. The minimum absolute atomic E-state index is 0.282. The highest BCUT2D eigenvalue weighted by atomic mass is 32.2. The summed E-state index contributed by atoms with van der Waals surface area (Å²) < 4.78 is 2.08. The van der Waals surface area contributed by atoms with Gasteiger partial charge < -0.3 is 9.88 Å². The Kier molecular flexibility index (Phi) is 4.06. The second kappa shape index (κ2) is 6.13. The van der Waals surface area contributed by atoms with Crippen LogP contribution in [-0.2, 0) is 6.54 Å². The molecule has 0 saturated carbocycles. The Bertz CT molecular complexity index is 565. The van der Waals surface area contributed by atoms with Crippen molar-refractivity contribution in [3.05, 3.63) is 54.6 Å². The lowest BCUT2D eigenvalue weighted by atomic mass is 10.1. The maximum absolute atomic E-state index is 4.77. The molecule has 104 valence electrons. The second-order valence-electron chi connectivity index (χ2n) is 4.98. The summed E-state index contributed by atoms with van der Waals surface area (Å²) >= 11 is 1.80. The quantitative estimate of drug-likeness (QED) is 0.939. The van der Waals surface area contributed by atoms with Gasteiger partial charge >= 0.3 is 0 Å². The third-order valence-corrected chi connectivity index (χ3v) is 4.23. The van der Waals surface area contributed by atoms with E-state index in [0.29, 0.717) is 6.04 Å². The molecule has 1 N–H and O–H groups in total. The fourth-order valence-corrected chi connectivity index (χ4v) is 3.34. The van der Waals surface area contributed by atoms with Gasteiger partial charge in [0.1, 0.15) is 0 Å². The average Bonchev–Trinajstić information content (AvgIpc) is 3.11. The van der Waals surface area contributed by atoms with Crippen molar-refractivity contribution in [2.24, 2.45) is 4.99 Å². The smallest absolute Gasteiger partial charge is 0.157 e. The maximum Gasteiger partial charge on any atom is 0.157 e. The lowest BCUT2D eigenvalue weighted by Crippen LogP contribution is -2.33. The molecule has 2 unspecified atom stereocenters. The molecule has 1 aromatic carbocycles. The number of thioether (sulfide) groups is 1. The number of amidine groups is 1. The first-order chi connectivity index (χ1) is 9.81. The van der Waals surface area contributed by atoms with Crippen molar-refractivity contribution in [1.82, 2.24) is 14.9 Å². The maximum atomic E-state index is 4.77. The van der Waals surface area contributed by atoms with Gasteiger partial charge in [-0.3, -0.25) is 4.99 Å². The first-order valence-corrected chi connectivity index (χ1v) is 7.77. The molecule has 0 radical (unpaired) electrons. The fourth-order valence-electron chi connectivity index (χ4n) is 2.27. The molecule has 3 rings (SSSR count). The molecule has 2 atom stereocenters. The van der Waals surface area contributed by atoms with E-state index in [1.54, 1.807) is 18.0 Å². The molecule has 0 bridgehead atoms. The van der Waals surface area contributed by atoms with Crippen LogP contribution in [0, 0.1) is 0 Å². The number of nitrogens with zero attached hydrogens (tertiary/aromatic N) is 3. The van der Waals surface area contributed by atoms with Gasteiger partial charge in [-0.05, 0) is 12.5 Å². The number of benzene rings is 1. The molecule has 1 aliphatic heterocycles. The summed E-state index contributed by atoms with van der Waals surface area (Å²) in [5.74, 6) is 1.02. The van der Waals surface area contributed by atoms with Crippen LogP contribution < -0.4 is 5.32 Å². The van der Waals surface area contributed by atoms with Crippen LogP contribution in [0.5, 0.6) is 0 Å². The van der Waals surface area contributed by atoms with Crippen LogP contribution in [-0.4, -0.2) is 26.5 Å². The predicted octanol–water partition coefficient (Wildman–Crippen LogP) is 2.71. The highest BCUT2D eigenvalue weighted by molar-refractivity contribution is 8.14. The summed E-state index contributed by atoms with van der Waals surface area (Å²) in [6.07, 6.45) is 5.63. The predicted molar refractivity (Wildman–Crippen MR) is 83.9 cm³/mol. The van der Waals surface area contributed by atoms with Crippen LogP contribution >= 0.6 is 11.8 Å². The molecule has 2 heterocycles. The Morgan fingerprint density at radius 3 is 3.00 bits per heavy atom. The number of hydrogen-bond acceptors (Lipinski definition) is 4. The van der Waals surface area contributed by atoms with Gasteiger partial charge in [-0.25, -0.2) is 4.98 Å². The standard InChI is InChI=1S/C15H18N4S/c1-12(9-19-8-7-16-11-19)17-15-18-14(10-20-15)13-5-3-2-4-6-13/h2-8,11-12,14H,9-10H2,1H3,(H,17,18). The van der Waals surface area contributed by atoms with E-state index in [-0.39, 0.29) is 6.04 Å². The van der Waals surface area contributed by atoms with Crippen molar-refractivity contribution in [2.75, 3.05) is 5.75 Å². The average molecular weight is 286 g/mol. The van der Waals surface area contributed by atoms with E-state index in [2.05, 4.69) is 46.1 Å². The molecule has 2 aromatic rings. The van der Waals surface area contributed by atoms with E-state index in [4.69, 9.17) is 4.99 Å². The lowest BCUT2D eigenvalue weighted by molar-refractivity contribution is 0.548. The van der Waals surface area contributed by atoms with Gasteiger partial charge in [-0.15, -0.1) is 0 Å². The van der Waals surface area contributed by atoms with Crippen molar-refractivity contribution < 1.29 is 0 Å². The van der Waals surface area contributed by atoms with Crippen LogP contribution in [0.4, 0.5) is 0 Å². The Morgan fingerprint density at radius 1 is 1.40 bits per heavy atom. The van der Waals surface area contributed by atoms with Crippen LogP contribution in [0.15, 0.2) is 54.0 Å². The molecular weight excluding hydrogens is 268 g/mol. The summed E-state index contributed by atoms with van der Waals surface area (Å²) in [5.41, 5.74) is 1.29. The van der Waals surface area contributed by atoms with Crippen molar-refractivity contribution >= 4 is 16.9 Å². The molecule has 0 fully saturated rings. The van der Waals surface area contributed by atoms with Gasteiger partial charge in [0.2, 0.25) is 0 Å². The number of nitrogens with one attached hydrogen (secondary N) is 1. The largest absolute Gasteiger partial charge is 0.361 e. The third kappa shape index (κ3) is 3.22. The zero-order valence-electron chi connectivity index (χ0n) is 11.4. The Morgan fingerprint density at radius 2 is 2.25 bits per heavy atom. The van der Waals surface area contributed by atoms with E-state index < -0.39 is 0 Å². The topological polar surface area (TPSA) is 42.2 Å². The van der Waals surface area contributed by atoms with Gasteiger partial charge in [0.15, 0.2) is 5.17 Å². The molecule has 20 heavy (non-hydrogen) atoms. The first kappa shape index (κ1) is 13.2. The molecule has 0 amide bonds. The van der Waals surface area contributed by atoms with Crippen LogP contribution in [0.25, 0.3) is 0 Å². The molecule has 0 aliphatic carbocycles. The molecule has 5 heteroatoms. The van der Waals surface area contributed by atoms with E-state index >= 15 is 0 Å². The van der Waals surface area contributed by atoms with Gasteiger partial charge in [0, 0.05) is 30.7 Å². The van der Waals surface area contributed by atoms with Gasteiger partial charge in [-0.1, -0.05) is 42.1 Å². The van der Waals surface area contributed by atoms with Crippen molar-refractivity contribution in [2.45, 2.75) is 25.6 Å². The van der Waals surface area contributed by atoms with E-state index in [1.807, 2.05) is 18.6 Å². The van der Waals surface area contributed by atoms with Crippen molar-refractivity contribution in [1.29, 1.82) is 0 Å². The lowest BCUT2D eigenvalue weighted by Gasteiger charge is -2.14. The van der Waals surface area contributed by atoms with E-state index in [9.17, 15) is 0 Å². The van der Waals surface area contributed by atoms with Gasteiger partial charge in [-0.2, -0.15) is 0 Å². The third-order valence-electron chi connectivity index (χ3n) is 3.25. The molecule has 1 aliphatic rings. The van der Waals surface area contributed by atoms with Crippen molar-refractivity contribution in [3.63, 3.8) is 0 Å². The summed E-state index contributed by atoms with van der Waals surface area (Å²) in [4.78, 5) is 8.83. The molecule has 1 aromatic heterocycles. The summed E-state index contributed by atoms with van der Waals surface area (Å²) in [5, 5.41) is 4.53. The minimum atomic E-state index is 0.282. The fraction of sp³-hybridized carbons (Fsp3) is 0.333. The van der Waals surface area contributed by atoms with Gasteiger partial charge in [0.05, 0.1) is 12.4 Å². The number of imidazole rings is 1. The number of aromatic nitrogens is 2. The molecular formula is C15H18N4S. The monoisotopic (exact) mass is 286 g/mol. The van der Waals surface area contributed by atoms with Crippen LogP contribution in [0.3, 0.4) is 0 Å². The molecule has 0 saturated heterocycles. The summed E-state index contributed by atoms with van der Waals surface area (Å²) in [7, 11) is 0. The Labute approximate surface area is 123 Å². The number of rotatable bonds is 4. The Hall–Kier alpha value is -1.75. The summed E-state index contributed by atoms with van der Waals surface area (Å²) in [6, 6.07) is 11.1. The highest BCUT2D eigenvalue weighted by Crippen LogP contribution is 2.29. The second-order valence-corrected chi connectivity index (χ2v) is 5.99. The Balaban J connectivity index is 1.58. The van der Waals surface area contributed by atoms with E-state index in [0.717, 1.165) is 17.5 Å². The normalized spacial score (nSPS) is 19.6. The first-order valence-electron chi connectivity index (χ1n) is 6.79. The number of aliphatic imine (C=N–C) groups is 1. The zero-order valence-corrected chi connectivity index (χ0v) is 12.3.